The molecule has 0 unspecified atom stereocenters. The Morgan fingerprint density at radius 3 is 2.60 bits per heavy atom. The molecule has 9 nitrogen and oxygen atoms in total. The highest BCUT2D eigenvalue weighted by Crippen LogP contribution is 2.27. The van der Waals surface area contributed by atoms with Crippen molar-refractivity contribution in [3.05, 3.63) is 29.0 Å². The van der Waals surface area contributed by atoms with Crippen LogP contribution in [0.25, 0.3) is 22.3 Å². The molecular formula is C20H24ClN7O2. The second kappa shape index (κ2) is 7.71. The van der Waals surface area contributed by atoms with Gasteiger partial charge in [0.25, 0.3) is 0 Å². The zero-order valence-electron chi connectivity index (χ0n) is 17.4. The van der Waals surface area contributed by atoms with Crippen LogP contribution in [0.15, 0.2) is 18.2 Å². The number of carbonyl (C=O) groups excluding carboxylic acids is 1. The molecule has 1 aliphatic rings. The summed E-state index contributed by atoms with van der Waals surface area (Å²) in [5.41, 5.74) is 2.19. The van der Waals surface area contributed by atoms with Crippen LogP contribution in [0.4, 0.5) is 10.6 Å². The molecule has 0 saturated carbocycles. The number of benzene rings is 1. The molecule has 0 bridgehead atoms. The van der Waals surface area contributed by atoms with E-state index in [0.29, 0.717) is 37.8 Å². The van der Waals surface area contributed by atoms with Crippen molar-refractivity contribution >= 4 is 34.4 Å². The summed E-state index contributed by atoms with van der Waals surface area (Å²) >= 11 is 6.31. The number of amides is 1. The van der Waals surface area contributed by atoms with Gasteiger partial charge in [0.2, 0.25) is 0 Å². The molecule has 30 heavy (non-hydrogen) atoms. The summed E-state index contributed by atoms with van der Waals surface area (Å²) < 4.78 is 5.45. The molecule has 0 radical (unpaired) electrons. The van der Waals surface area contributed by atoms with Gasteiger partial charge in [-0.3, -0.25) is 5.10 Å². The molecule has 158 valence electrons. The number of hydrogen-bond donors (Lipinski definition) is 1. The van der Waals surface area contributed by atoms with Crippen LogP contribution >= 0.6 is 11.6 Å². The van der Waals surface area contributed by atoms with Crippen LogP contribution < -0.4 is 4.90 Å². The van der Waals surface area contributed by atoms with Crippen molar-refractivity contribution in [2.75, 3.05) is 31.1 Å². The van der Waals surface area contributed by atoms with E-state index in [1.54, 1.807) is 4.90 Å². The number of fused-ring (bicyclic) bond motifs is 1. The lowest BCUT2D eigenvalue weighted by Crippen LogP contribution is -2.50. The number of aryl methyl sites for hydroxylation is 1. The number of aromatic nitrogens is 5. The number of H-pyrrole nitrogens is 1. The minimum Gasteiger partial charge on any atom is -0.444 e. The van der Waals surface area contributed by atoms with E-state index in [4.69, 9.17) is 16.3 Å². The van der Waals surface area contributed by atoms with Crippen molar-refractivity contribution < 1.29 is 9.53 Å². The van der Waals surface area contributed by atoms with Gasteiger partial charge in [-0.2, -0.15) is 5.10 Å². The maximum absolute atomic E-state index is 12.3. The fraction of sp³-hybridized carbons (Fsp3) is 0.450. The van der Waals surface area contributed by atoms with Crippen molar-refractivity contribution in [2.24, 2.45) is 0 Å². The SMILES string of the molecule is Cc1[nH]nc2ccc(-c3nnc(Cl)c(N4CCN(C(=O)OC(C)(C)C)CC4)n3)cc12. The third-order valence-electron chi connectivity index (χ3n) is 4.86. The fourth-order valence-electron chi connectivity index (χ4n) is 3.33. The molecule has 1 N–H and O–H groups in total. The molecule has 3 heterocycles. The predicted octanol–water partition coefficient (Wildman–Crippen LogP) is 3.43. The summed E-state index contributed by atoms with van der Waals surface area (Å²) in [5.74, 6) is 1.06. The molecule has 0 spiro atoms. The third kappa shape index (κ3) is 4.16. The molecule has 3 aromatic rings. The van der Waals surface area contributed by atoms with E-state index in [1.165, 1.54) is 0 Å². The van der Waals surface area contributed by atoms with Crippen molar-refractivity contribution in [3.63, 3.8) is 0 Å². The number of rotatable bonds is 2. The monoisotopic (exact) mass is 429 g/mol. The summed E-state index contributed by atoms with van der Waals surface area (Å²) in [6.07, 6.45) is -0.307. The normalized spacial score (nSPS) is 15.0. The Labute approximate surface area is 179 Å². The van der Waals surface area contributed by atoms with E-state index in [9.17, 15) is 4.79 Å². The Balaban J connectivity index is 1.53. The van der Waals surface area contributed by atoms with Crippen LogP contribution in [0.1, 0.15) is 26.5 Å². The van der Waals surface area contributed by atoms with Crippen LogP contribution in [0.3, 0.4) is 0 Å². The Kier molecular flexibility index (Phi) is 5.23. The van der Waals surface area contributed by atoms with Gasteiger partial charge in [-0.05, 0) is 45.9 Å². The average molecular weight is 430 g/mol. The van der Waals surface area contributed by atoms with E-state index in [0.717, 1.165) is 22.2 Å². The molecule has 1 aliphatic heterocycles. The molecule has 4 rings (SSSR count). The summed E-state index contributed by atoms with van der Waals surface area (Å²) in [7, 11) is 0. The van der Waals surface area contributed by atoms with Gasteiger partial charge >= 0.3 is 6.09 Å². The zero-order valence-corrected chi connectivity index (χ0v) is 18.2. The minimum absolute atomic E-state index is 0.241. The fourth-order valence-corrected chi connectivity index (χ4v) is 3.53. The molecular weight excluding hydrogens is 406 g/mol. The molecule has 0 aliphatic carbocycles. The van der Waals surface area contributed by atoms with Crippen LogP contribution in [0, 0.1) is 6.92 Å². The number of ether oxygens (including phenoxy) is 1. The summed E-state index contributed by atoms with van der Waals surface area (Å²) in [6.45, 7) is 9.74. The number of carbonyl (C=O) groups is 1. The van der Waals surface area contributed by atoms with Gasteiger partial charge in [0.05, 0.1) is 5.52 Å². The van der Waals surface area contributed by atoms with Gasteiger partial charge in [-0.1, -0.05) is 11.6 Å². The van der Waals surface area contributed by atoms with Gasteiger partial charge in [0.1, 0.15) is 5.60 Å². The first-order valence-electron chi connectivity index (χ1n) is 9.79. The van der Waals surface area contributed by atoms with Crippen molar-refractivity contribution in [1.82, 2.24) is 30.3 Å². The van der Waals surface area contributed by atoms with Gasteiger partial charge in [0, 0.05) is 42.8 Å². The van der Waals surface area contributed by atoms with Crippen molar-refractivity contribution in [3.8, 4) is 11.4 Å². The maximum Gasteiger partial charge on any atom is 0.410 e. The first-order chi connectivity index (χ1) is 14.2. The Morgan fingerprint density at radius 2 is 1.90 bits per heavy atom. The van der Waals surface area contributed by atoms with Crippen LogP contribution in [-0.2, 0) is 4.74 Å². The summed E-state index contributed by atoms with van der Waals surface area (Å²) in [5, 5.41) is 16.8. The van der Waals surface area contributed by atoms with E-state index < -0.39 is 5.60 Å². The molecule has 10 heteroatoms. The second-order valence-electron chi connectivity index (χ2n) is 8.28. The number of anilines is 1. The molecule has 1 saturated heterocycles. The second-order valence-corrected chi connectivity index (χ2v) is 8.64. The van der Waals surface area contributed by atoms with E-state index in [2.05, 4.69) is 25.4 Å². The maximum atomic E-state index is 12.3. The third-order valence-corrected chi connectivity index (χ3v) is 5.11. The number of piperazine rings is 1. The van der Waals surface area contributed by atoms with Crippen molar-refractivity contribution in [1.29, 1.82) is 0 Å². The lowest BCUT2D eigenvalue weighted by atomic mass is 10.1. The van der Waals surface area contributed by atoms with Gasteiger partial charge in [-0.15, -0.1) is 10.2 Å². The van der Waals surface area contributed by atoms with Crippen LogP contribution in [-0.4, -0.2) is 68.2 Å². The Morgan fingerprint density at radius 1 is 1.17 bits per heavy atom. The summed E-state index contributed by atoms with van der Waals surface area (Å²) in [6, 6.07) is 5.83. The Hall–Kier alpha value is -2.94. The van der Waals surface area contributed by atoms with E-state index in [1.807, 2.05) is 50.8 Å². The average Bonchev–Trinajstić information content (AvgIpc) is 3.07. The number of aromatic amines is 1. The van der Waals surface area contributed by atoms with Crippen molar-refractivity contribution in [2.45, 2.75) is 33.3 Å². The number of hydrogen-bond acceptors (Lipinski definition) is 7. The first kappa shape index (κ1) is 20.3. The van der Waals surface area contributed by atoms with Gasteiger partial charge < -0.3 is 14.5 Å². The quantitative estimate of drug-likeness (QED) is 0.665. The molecule has 1 aromatic carbocycles. The van der Waals surface area contributed by atoms with E-state index in [-0.39, 0.29) is 11.2 Å². The zero-order chi connectivity index (χ0) is 21.5. The predicted molar refractivity (Wildman–Crippen MR) is 115 cm³/mol. The highest BCUT2D eigenvalue weighted by atomic mass is 35.5. The topological polar surface area (TPSA) is 100 Å². The summed E-state index contributed by atoms with van der Waals surface area (Å²) in [4.78, 5) is 20.7. The lowest BCUT2D eigenvalue weighted by Gasteiger charge is -2.36. The van der Waals surface area contributed by atoms with Crippen LogP contribution in [0.5, 0.6) is 0 Å². The molecule has 1 amide bonds. The minimum atomic E-state index is -0.516. The largest absolute Gasteiger partial charge is 0.444 e. The van der Waals surface area contributed by atoms with Crippen LogP contribution in [0.2, 0.25) is 5.15 Å². The Bertz CT molecular complexity index is 1080. The standard InChI is InChI=1S/C20H24ClN7O2/c1-12-14-11-13(5-6-15(14)24-23-12)17-22-18(16(21)25-26-17)27-7-9-28(10-8-27)19(29)30-20(2,3)4/h5-6,11H,7-10H2,1-4H3,(H,23,24). The molecule has 2 aromatic heterocycles. The smallest absolute Gasteiger partial charge is 0.410 e. The van der Waals surface area contributed by atoms with Gasteiger partial charge in [0.15, 0.2) is 16.8 Å². The van der Waals surface area contributed by atoms with Gasteiger partial charge in [-0.25, -0.2) is 9.78 Å². The lowest BCUT2D eigenvalue weighted by molar-refractivity contribution is 0.0240. The number of halogens is 1. The molecule has 0 atom stereocenters. The first-order valence-corrected chi connectivity index (χ1v) is 10.2. The number of nitrogens with zero attached hydrogens (tertiary/aromatic N) is 6. The highest BCUT2D eigenvalue weighted by Gasteiger charge is 2.27. The molecule has 1 fully saturated rings. The van der Waals surface area contributed by atoms with E-state index >= 15 is 0 Å². The number of nitrogens with one attached hydrogen (secondary N) is 1. The highest BCUT2D eigenvalue weighted by molar-refractivity contribution is 6.31.